The molecule has 0 spiro atoms. The number of nitrogens with zero attached hydrogens (tertiary/aromatic N) is 3. The van der Waals surface area contributed by atoms with Crippen molar-refractivity contribution in [1.82, 2.24) is 14.7 Å². The number of hydrogen-bond donors (Lipinski definition) is 1. The van der Waals surface area contributed by atoms with E-state index in [0.29, 0.717) is 18.0 Å². The van der Waals surface area contributed by atoms with Gasteiger partial charge in [-0.05, 0) is 31.2 Å². The normalized spacial score (nSPS) is 29.2. The van der Waals surface area contributed by atoms with E-state index in [1.807, 2.05) is 0 Å². The van der Waals surface area contributed by atoms with Gasteiger partial charge in [0.2, 0.25) is 0 Å². The molecular weight excluding hydrogens is 258 g/mol. The zero-order valence-corrected chi connectivity index (χ0v) is 11.5. The lowest BCUT2D eigenvalue weighted by molar-refractivity contribution is -0.141. The van der Waals surface area contributed by atoms with E-state index < -0.39 is 12.0 Å². The van der Waals surface area contributed by atoms with Crippen molar-refractivity contribution in [3.8, 4) is 0 Å². The summed E-state index contributed by atoms with van der Waals surface area (Å²) < 4.78 is 1.51. The summed E-state index contributed by atoms with van der Waals surface area (Å²) in [6.07, 6.45) is 6.31. The lowest BCUT2D eigenvalue weighted by Gasteiger charge is -2.32. The minimum absolute atomic E-state index is 0.0762. The van der Waals surface area contributed by atoms with Crippen molar-refractivity contribution in [2.45, 2.75) is 44.2 Å². The lowest BCUT2D eigenvalue weighted by atomic mass is 9.84. The summed E-state index contributed by atoms with van der Waals surface area (Å²) in [4.78, 5) is 25.8. The second-order valence-corrected chi connectivity index (χ2v) is 5.75. The fourth-order valence-corrected chi connectivity index (χ4v) is 3.69. The van der Waals surface area contributed by atoms with Gasteiger partial charge in [0.25, 0.3) is 5.91 Å². The molecule has 1 amide bonds. The Kier molecular flexibility index (Phi) is 3.23. The SMILES string of the molecule is Cn1nccc1C(=O)N1[C@@H]2CCCC[C@H]2C[C@H]1C(=O)O. The Morgan fingerprint density at radius 2 is 2.10 bits per heavy atom. The molecular formula is C14H19N3O3. The third-order valence-corrected chi connectivity index (χ3v) is 4.65. The maximum Gasteiger partial charge on any atom is 0.326 e. The number of carbonyl (C=O) groups is 2. The highest BCUT2D eigenvalue weighted by Crippen LogP contribution is 2.40. The Bertz CT molecular complexity index is 540. The molecule has 3 atom stereocenters. The molecule has 0 bridgehead atoms. The van der Waals surface area contributed by atoms with E-state index >= 15 is 0 Å². The molecule has 6 heteroatoms. The number of rotatable bonds is 2. The third-order valence-electron chi connectivity index (χ3n) is 4.65. The summed E-state index contributed by atoms with van der Waals surface area (Å²) >= 11 is 0. The van der Waals surface area contributed by atoms with Gasteiger partial charge in [-0.15, -0.1) is 0 Å². The van der Waals surface area contributed by atoms with E-state index in [9.17, 15) is 14.7 Å². The van der Waals surface area contributed by atoms with Crippen LogP contribution in [0.3, 0.4) is 0 Å². The van der Waals surface area contributed by atoms with E-state index in [1.165, 1.54) is 4.68 Å². The highest BCUT2D eigenvalue weighted by molar-refractivity contribution is 5.95. The van der Waals surface area contributed by atoms with Crippen LogP contribution < -0.4 is 0 Å². The second-order valence-electron chi connectivity index (χ2n) is 5.75. The number of aromatic nitrogens is 2. The number of amides is 1. The minimum atomic E-state index is -0.894. The molecule has 0 unspecified atom stereocenters. The van der Waals surface area contributed by atoms with Crippen molar-refractivity contribution in [2.24, 2.45) is 13.0 Å². The fourth-order valence-electron chi connectivity index (χ4n) is 3.69. The number of aryl methyl sites for hydroxylation is 1. The minimum Gasteiger partial charge on any atom is -0.480 e. The van der Waals surface area contributed by atoms with E-state index in [4.69, 9.17) is 0 Å². The summed E-state index contributed by atoms with van der Waals surface area (Å²) in [6, 6.07) is 1.04. The summed E-state index contributed by atoms with van der Waals surface area (Å²) in [5, 5.41) is 13.4. The van der Waals surface area contributed by atoms with Crippen LogP contribution in [0.5, 0.6) is 0 Å². The zero-order chi connectivity index (χ0) is 14.3. The monoisotopic (exact) mass is 277 g/mol. The van der Waals surface area contributed by atoms with Gasteiger partial charge in [-0.2, -0.15) is 5.10 Å². The molecule has 1 aliphatic carbocycles. The highest BCUT2D eigenvalue weighted by atomic mass is 16.4. The molecule has 0 aromatic carbocycles. The molecule has 1 aromatic heterocycles. The van der Waals surface area contributed by atoms with Gasteiger partial charge in [0, 0.05) is 19.3 Å². The molecule has 1 aromatic rings. The molecule has 108 valence electrons. The summed E-state index contributed by atoms with van der Waals surface area (Å²) in [5.74, 6) is -0.760. The Hall–Kier alpha value is -1.85. The van der Waals surface area contributed by atoms with Crippen LogP contribution in [0.4, 0.5) is 0 Å². The van der Waals surface area contributed by atoms with Crippen molar-refractivity contribution in [1.29, 1.82) is 0 Å². The van der Waals surface area contributed by atoms with Crippen LogP contribution in [0.2, 0.25) is 0 Å². The molecule has 2 aliphatic rings. The molecule has 2 heterocycles. The van der Waals surface area contributed by atoms with Crippen LogP contribution in [0.1, 0.15) is 42.6 Å². The van der Waals surface area contributed by atoms with E-state index in [-0.39, 0.29) is 11.9 Å². The van der Waals surface area contributed by atoms with Gasteiger partial charge in [-0.1, -0.05) is 12.8 Å². The predicted molar refractivity (Wildman–Crippen MR) is 71.2 cm³/mol. The Labute approximate surface area is 117 Å². The smallest absolute Gasteiger partial charge is 0.326 e. The van der Waals surface area contributed by atoms with Crippen molar-refractivity contribution in [3.63, 3.8) is 0 Å². The highest BCUT2D eigenvalue weighted by Gasteiger charge is 2.48. The first-order valence-corrected chi connectivity index (χ1v) is 7.13. The van der Waals surface area contributed by atoms with Gasteiger partial charge in [-0.3, -0.25) is 9.48 Å². The average Bonchev–Trinajstić information content (AvgIpc) is 3.01. The van der Waals surface area contributed by atoms with Crippen LogP contribution in [-0.2, 0) is 11.8 Å². The van der Waals surface area contributed by atoms with Crippen molar-refractivity contribution < 1.29 is 14.7 Å². The van der Waals surface area contributed by atoms with Gasteiger partial charge in [0.05, 0.1) is 0 Å². The van der Waals surface area contributed by atoms with Crippen LogP contribution in [-0.4, -0.2) is 43.7 Å². The standard InChI is InChI=1S/C14H19N3O3/c1-16-11(6-7-15-16)13(18)17-10-5-3-2-4-9(10)8-12(17)14(19)20/h6-7,9-10,12H,2-5,8H2,1H3,(H,19,20)/t9-,10+,12-/m0/s1. The van der Waals surface area contributed by atoms with Gasteiger partial charge in [0.1, 0.15) is 11.7 Å². The Balaban J connectivity index is 1.93. The number of fused-ring (bicyclic) bond motifs is 1. The number of likely N-dealkylation sites (tertiary alicyclic amines) is 1. The van der Waals surface area contributed by atoms with E-state index in [2.05, 4.69) is 5.10 Å². The van der Waals surface area contributed by atoms with Gasteiger partial charge < -0.3 is 10.0 Å². The van der Waals surface area contributed by atoms with Crippen LogP contribution in [0, 0.1) is 5.92 Å². The number of carbonyl (C=O) groups excluding carboxylic acids is 1. The van der Waals surface area contributed by atoms with Crippen molar-refractivity contribution >= 4 is 11.9 Å². The second kappa shape index (κ2) is 4.92. The van der Waals surface area contributed by atoms with E-state index in [1.54, 1.807) is 24.2 Å². The average molecular weight is 277 g/mol. The molecule has 2 fully saturated rings. The van der Waals surface area contributed by atoms with Crippen LogP contribution >= 0.6 is 0 Å². The molecule has 1 saturated heterocycles. The molecule has 0 radical (unpaired) electrons. The quantitative estimate of drug-likeness (QED) is 0.883. The Morgan fingerprint density at radius 1 is 1.35 bits per heavy atom. The topological polar surface area (TPSA) is 75.4 Å². The largest absolute Gasteiger partial charge is 0.480 e. The molecule has 3 rings (SSSR count). The fraction of sp³-hybridized carbons (Fsp3) is 0.643. The molecule has 20 heavy (non-hydrogen) atoms. The third kappa shape index (κ3) is 1.99. The number of carboxylic acids is 1. The van der Waals surface area contributed by atoms with Crippen molar-refractivity contribution in [2.75, 3.05) is 0 Å². The molecule has 1 N–H and O–H groups in total. The first-order chi connectivity index (χ1) is 9.59. The Morgan fingerprint density at radius 3 is 2.75 bits per heavy atom. The van der Waals surface area contributed by atoms with Crippen molar-refractivity contribution in [3.05, 3.63) is 18.0 Å². The van der Waals surface area contributed by atoms with Crippen LogP contribution in [0.15, 0.2) is 12.3 Å². The zero-order valence-electron chi connectivity index (χ0n) is 11.5. The predicted octanol–water partition coefficient (Wildman–Crippen LogP) is 1.28. The van der Waals surface area contributed by atoms with E-state index in [0.717, 1.165) is 25.7 Å². The molecule has 1 aliphatic heterocycles. The first kappa shape index (κ1) is 13.1. The number of aliphatic carboxylic acids is 1. The number of carboxylic acid groups (broad SMARTS) is 1. The maximum absolute atomic E-state index is 12.7. The maximum atomic E-state index is 12.7. The lowest BCUT2D eigenvalue weighted by Crippen LogP contribution is -2.46. The molecule has 6 nitrogen and oxygen atoms in total. The summed E-state index contributed by atoms with van der Waals surface area (Å²) in [5.41, 5.74) is 0.461. The summed E-state index contributed by atoms with van der Waals surface area (Å²) in [6.45, 7) is 0. The number of hydrogen-bond acceptors (Lipinski definition) is 3. The summed E-state index contributed by atoms with van der Waals surface area (Å²) in [7, 11) is 1.71. The van der Waals surface area contributed by atoms with Gasteiger partial charge >= 0.3 is 5.97 Å². The molecule has 1 saturated carbocycles. The van der Waals surface area contributed by atoms with Gasteiger partial charge in [-0.25, -0.2) is 4.79 Å². The first-order valence-electron chi connectivity index (χ1n) is 7.13. The van der Waals surface area contributed by atoms with Crippen LogP contribution in [0.25, 0.3) is 0 Å². The van der Waals surface area contributed by atoms with Gasteiger partial charge in [0.15, 0.2) is 0 Å².